The third kappa shape index (κ3) is 4.23. The Balaban J connectivity index is 1.56. The van der Waals surface area contributed by atoms with Crippen LogP contribution in [0.1, 0.15) is 39.2 Å². The van der Waals surface area contributed by atoms with Crippen molar-refractivity contribution in [2.24, 2.45) is 0 Å². The summed E-state index contributed by atoms with van der Waals surface area (Å²) in [4.78, 5) is 19.0. The summed E-state index contributed by atoms with van der Waals surface area (Å²) in [6.45, 7) is 5.20. The summed E-state index contributed by atoms with van der Waals surface area (Å²) in [5.74, 6) is -0.484. The highest BCUT2D eigenvalue weighted by Crippen LogP contribution is 2.39. The van der Waals surface area contributed by atoms with E-state index in [0.29, 0.717) is 5.56 Å². The number of piperazine rings is 1. The van der Waals surface area contributed by atoms with Crippen molar-refractivity contribution in [2.45, 2.75) is 32.2 Å². The van der Waals surface area contributed by atoms with Gasteiger partial charge in [-0.15, -0.1) is 11.3 Å². The normalized spacial score (nSPS) is 18.3. The van der Waals surface area contributed by atoms with Gasteiger partial charge in [0.25, 0.3) is 5.91 Å². The molecule has 27 heavy (non-hydrogen) atoms. The van der Waals surface area contributed by atoms with Crippen LogP contribution in [-0.2, 0) is 19.4 Å². The number of aryl methyl sites for hydroxylation is 1. The van der Waals surface area contributed by atoms with E-state index in [1.165, 1.54) is 41.0 Å². The maximum absolute atomic E-state index is 13.1. The molecule has 2 aromatic rings. The monoisotopic (exact) mass is 387 g/mol. The Hall–Kier alpha value is -1.76. The number of hydrogen-bond donors (Lipinski definition) is 1. The minimum atomic E-state index is -0.325. The Morgan fingerprint density at radius 1 is 1.11 bits per heavy atom. The number of thiophene rings is 1. The lowest BCUT2D eigenvalue weighted by Gasteiger charge is -2.32. The molecule has 0 spiro atoms. The number of amides is 1. The van der Waals surface area contributed by atoms with Crippen LogP contribution in [0.25, 0.3) is 0 Å². The smallest absolute Gasteiger partial charge is 0.256 e. The molecular weight excluding hydrogens is 361 g/mol. The van der Waals surface area contributed by atoms with Gasteiger partial charge in [0.1, 0.15) is 10.8 Å². The number of carbonyl (C=O) groups is 1. The number of carbonyl (C=O) groups excluding carboxylic acids is 1. The van der Waals surface area contributed by atoms with Gasteiger partial charge in [-0.05, 0) is 62.6 Å². The predicted octanol–water partition coefficient (Wildman–Crippen LogP) is 3.77. The van der Waals surface area contributed by atoms with Gasteiger partial charge < -0.3 is 10.2 Å². The van der Waals surface area contributed by atoms with Crippen LogP contribution in [0, 0.1) is 5.82 Å². The number of fused-ring (bicyclic) bond motifs is 1. The van der Waals surface area contributed by atoms with Crippen LogP contribution in [0.4, 0.5) is 9.39 Å². The Morgan fingerprint density at radius 2 is 1.81 bits per heavy atom. The number of halogens is 1. The number of nitrogens with one attached hydrogen (secondary N) is 1. The summed E-state index contributed by atoms with van der Waals surface area (Å²) in [5, 5.41) is 4.10. The average Bonchev–Trinajstić information content (AvgIpc) is 3.01. The van der Waals surface area contributed by atoms with Crippen molar-refractivity contribution >= 4 is 22.2 Å². The van der Waals surface area contributed by atoms with Gasteiger partial charge in [0.05, 0.1) is 0 Å². The molecule has 1 aliphatic heterocycles. The minimum absolute atomic E-state index is 0.159. The SMILES string of the molecule is CN1CCN(Cc2c(NC(=O)c3ccc(F)cc3)sc3c2CCCC3)CC1. The predicted molar refractivity (Wildman–Crippen MR) is 108 cm³/mol. The second-order valence-electron chi connectivity index (χ2n) is 7.56. The fraction of sp³-hybridized carbons (Fsp3) is 0.476. The van der Waals surface area contributed by atoms with Crippen molar-refractivity contribution in [3.05, 3.63) is 51.7 Å². The van der Waals surface area contributed by atoms with E-state index in [0.717, 1.165) is 50.6 Å². The van der Waals surface area contributed by atoms with E-state index in [1.54, 1.807) is 23.5 Å². The van der Waals surface area contributed by atoms with Crippen molar-refractivity contribution in [3.63, 3.8) is 0 Å². The molecule has 1 N–H and O–H groups in total. The highest BCUT2D eigenvalue weighted by atomic mass is 32.1. The summed E-state index contributed by atoms with van der Waals surface area (Å²) in [5.41, 5.74) is 3.25. The number of rotatable bonds is 4. The van der Waals surface area contributed by atoms with E-state index >= 15 is 0 Å². The van der Waals surface area contributed by atoms with Gasteiger partial charge in [0.15, 0.2) is 0 Å². The second-order valence-corrected chi connectivity index (χ2v) is 8.66. The molecule has 1 fully saturated rings. The maximum Gasteiger partial charge on any atom is 0.256 e. The third-order valence-corrected chi connectivity index (χ3v) is 6.84. The first kappa shape index (κ1) is 18.6. The fourth-order valence-corrected chi connectivity index (χ4v) is 5.20. The number of hydrogen-bond acceptors (Lipinski definition) is 4. The minimum Gasteiger partial charge on any atom is -0.313 e. The van der Waals surface area contributed by atoms with Crippen molar-refractivity contribution in [3.8, 4) is 0 Å². The summed E-state index contributed by atoms with van der Waals surface area (Å²) < 4.78 is 13.1. The highest BCUT2D eigenvalue weighted by Gasteiger charge is 2.24. The number of nitrogens with zero attached hydrogens (tertiary/aromatic N) is 2. The zero-order valence-electron chi connectivity index (χ0n) is 15.8. The number of benzene rings is 1. The average molecular weight is 388 g/mol. The lowest BCUT2D eigenvalue weighted by molar-refractivity contribution is 0.102. The van der Waals surface area contributed by atoms with Gasteiger partial charge in [-0.3, -0.25) is 9.69 Å². The van der Waals surface area contributed by atoms with Crippen molar-refractivity contribution in [2.75, 3.05) is 38.5 Å². The molecule has 6 heteroatoms. The molecule has 1 aliphatic carbocycles. The Kier molecular flexibility index (Phi) is 5.57. The van der Waals surface area contributed by atoms with Crippen LogP contribution in [0.5, 0.6) is 0 Å². The Labute approximate surface area is 164 Å². The summed E-state index contributed by atoms with van der Waals surface area (Å²) in [6.07, 6.45) is 4.68. The van der Waals surface area contributed by atoms with E-state index in [-0.39, 0.29) is 11.7 Å². The zero-order chi connectivity index (χ0) is 18.8. The van der Waals surface area contributed by atoms with Crippen LogP contribution in [0.15, 0.2) is 24.3 Å². The summed E-state index contributed by atoms with van der Waals surface area (Å²) >= 11 is 1.73. The first-order chi connectivity index (χ1) is 13.1. The van der Waals surface area contributed by atoms with Crippen molar-refractivity contribution < 1.29 is 9.18 Å². The molecule has 4 nitrogen and oxygen atoms in total. The van der Waals surface area contributed by atoms with Crippen LogP contribution >= 0.6 is 11.3 Å². The van der Waals surface area contributed by atoms with E-state index in [9.17, 15) is 9.18 Å². The lowest BCUT2D eigenvalue weighted by atomic mass is 9.95. The van der Waals surface area contributed by atoms with E-state index < -0.39 is 0 Å². The van der Waals surface area contributed by atoms with Crippen LogP contribution < -0.4 is 5.32 Å². The van der Waals surface area contributed by atoms with Gasteiger partial charge in [-0.2, -0.15) is 0 Å². The second kappa shape index (κ2) is 8.09. The molecule has 0 saturated carbocycles. The molecule has 1 aromatic heterocycles. The van der Waals surface area contributed by atoms with Gasteiger partial charge in [-0.1, -0.05) is 0 Å². The van der Waals surface area contributed by atoms with Crippen LogP contribution in [0.3, 0.4) is 0 Å². The van der Waals surface area contributed by atoms with E-state index in [4.69, 9.17) is 0 Å². The standard InChI is InChI=1S/C21H26FN3OS/c1-24-10-12-25(13-11-24)14-18-17-4-2-3-5-19(17)27-21(18)23-20(26)15-6-8-16(22)9-7-15/h6-9H,2-5,10-14H2,1H3,(H,23,26). The molecule has 0 unspecified atom stereocenters. The first-order valence-corrected chi connectivity index (χ1v) is 10.5. The largest absolute Gasteiger partial charge is 0.313 e. The molecule has 2 aliphatic rings. The van der Waals surface area contributed by atoms with Crippen LogP contribution in [0.2, 0.25) is 0 Å². The maximum atomic E-state index is 13.1. The zero-order valence-corrected chi connectivity index (χ0v) is 16.6. The van der Waals surface area contributed by atoms with Gasteiger partial charge in [0, 0.05) is 48.7 Å². The fourth-order valence-electron chi connectivity index (χ4n) is 3.91. The number of likely N-dealkylation sites (N-methyl/N-ethyl adjacent to an activating group) is 1. The molecule has 1 saturated heterocycles. The lowest BCUT2D eigenvalue weighted by Crippen LogP contribution is -2.44. The molecule has 0 atom stereocenters. The Bertz CT molecular complexity index is 810. The summed E-state index contributed by atoms with van der Waals surface area (Å²) in [7, 11) is 2.16. The van der Waals surface area contributed by atoms with Gasteiger partial charge in [-0.25, -0.2) is 4.39 Å². The molecule has 1 aromatic carbocycles. The molecule has 0 radical (unpaired) electrons. The molecule has 1 amide bonds. The van der Waals surface area contributed by atoms with Crippen molar-refractivity contribution in [1.29, 1.82) is 0 Å². The topological polar surface area (TPSA) is 35.6 Å². The first-order valence-electron chi connectivity index (χ1n) is 9.71. The van der Waals surface area contributed by atoms with E-state index in [2.05, 4.69) is 22.2 Å². The van der Waals surface area contributed by atoms with E-state index in [1.807, 2.05) is 0 Å². The van der Waals surface area contributed by atoms with Crippen molar-refractivity contribution in [1.82, 2.24) is 9.80 Å². The number of anilines is 1. The molecule has 2 heterocycles. The van der Waals surface area contributed by atoms with Gasteiger partial charge >= 0.3 is 0 Å². The summed E-state index contributed by atoms with van der Waals surface area (Å²) in [6, 6.07) is 5.75. The Morgan fingerprint density at radius 3 is 2.56 bits per heavy atom. The molecule has 144 valence electrons. The molecule has 4 rings (SSSR count). The molecule has 0 bridgehead atoms. The third-order valence-electron chi connectivity index (χ3n) is 5.59. The van der Waals surface area contributed by atoms with Gasteiger partial charge in [0.2, 0.25) is 0 Å². The molecular formula is C21H26FN3OS. The van der Waals surface area contributed by atoms with Crippen LogP contribution in [-0.4, -0.2) is 48.9 Å². The highest BCUT2D eigenvalue weighted by molar-refractivity contribution is 7.16. The quantitative estimate of drug-likeness (QED) is 0.868.